The van der Waals surface area contributed by atoms with Crippen LogP contribution in [0.1, 0.15) is 30.1 Å². The zero-order valence-corrected chi connectivity index (χ0v) is 10.0. The van der Waals surface area contributed by atoms with Gasteiger partial charge in [0.15, 0.2) is 0 Å². The van der Waals surface area contributed by atoms with Gasteiger partial charge in [0.25, 0.3) is 0 Å². The second-order valence-corrected chi connectivity index (χ2v) is 4.67. The molecule has 88 valence electrons. The Morgan fingerprint density at radius 3 is 2.94 bits per heavy atom. The van der Waals surface area contributed by atoms with Gasteiger partial charge < -0.3 is 5.32 Å². The van der Waals surface area contributed by atoms with E-state index < -0.39 is 0 Å². The molecule has 0 aliphatic carbocycles. The Labute approximate surface area is 101 Å². The molecule has 2 aromatic rings. The molecular weight excluding hydrogens is 210 g/mol. The normalized spacial score (nSPS) is 19.7. The van der Waals surface area contributed by atoms with Gasteiger partial charge in [0.05, 0.1) is 11.4 Å². The SMILES string of the molecule is Cc1ccccc1-c1cc(C2CCCN2)[nH]n1. The minimum absolute atomic E-state index is 0.459. The first-order chi connectivity index (χ1) is 8.34. The van der Waals surface area contributed by atoms with Crippen LogP contribution in [0, 0.1) is 6.92 Å². The van der Waals surface area contributed by atoms with E-state index in [4.69, 9.17) is 0 Å². The fourth-order valence-corrected chi connectivity index (χ4v) is 2.46. The predicted molar refractivity (Wildman–Crippen MR) is 68.7 cm³/mol. The molecule has 17 heavy (non-hydrogen) atoms. The topological polar surface area (TPSA) is 40.7 Å². The first kappa shape index (κ1) is 10.5. The third-order valence-electron chi connectivity index (χ3n) is 3.45. The Bertz CT molecular complexity index is 510. The highest BCUT2D eigenvalue weighted by atomic mass is 15.1. The molecule has 2 heterocycles. The Balaban J connectivity index is 1.92. The molecule has 1 fully saturated rings. The van der Waals surface area contributed by atoms with E-state index in [9.17, 15) is 0 Å². The quantitative estimate of drug-likeness (QED) is 0.828. The van der Waals surface area contributed by atoms with E-state index in [1.54, 1.807) is 0 Å². The summed E-state index contributed by atoms with van der Waals surface area (Å²) in [5, 5.41) is 11.1. The number of aromatic amines is 1. The zero-order chi connectivity index (χ0) is 11.7. The van der Waals surface area contributed by atoms with Crippen LogP contribution >= 0.6 is 0 Å². The van der Waals surface area contributed by atoms with Crippen LogP contribution in [0.5, 0.6) is 0 Å². The summed E-state index contributed by atoms with van der Waals surface area (Å²) in [6.45, 7) is 3.24. The number of rotatable bonds is 2. The van der Waals surface area contributed by atoms with Gasteiger partial charge in [0.1, 0.15) is 0 Å². The Morgan fingerprint density at radius 2 is 2.18 bits per heavy atom. The highest BCUT2D eigenvalue weighted by Gasteiger charge is 2.18. The first-order valence-electron chi connectivity index (χ1n) is 6.19. The van der Waals surface area contributed by atoms with E-state index in [0.717, 1.165) is 12.2 Å². The van der Waals surface area contributed by atoms with Crippen LogP contribution in [-0.2, 0) is 0 Å². The van der Waals surface area contributed by atoms with Crippen LogP contribution in [0.25, 0.3) is 11.3 Å². The highest BCUT2D eigenvalue weighted by Crippen LogP contribution is 2.26. The molecule has 0 spiro atoms. The van der Waals surface area contributed by atoms with Gasteiger partial charge in [-0.3, -0.25) is 5.10 Å². The molecule has 1 aliphatic heterocycles. The van der Waals surface area contributed by atoms with Crippen molar-refractivity contribution in [3.05, 3.63) is 41.6 Å². The molecule has 1 unspecified atom stereocenters. The number of nitrogens with one attached hydrogen (secondary N) is 2. The second-order valence-electron chi connectivity index (χ2n) is 4.67. The summed E-state index contributed by atoms with van der Waals surface area (Å²) in [5.41, 5.74) is 4.74. The number of aryl methyl sites for hydroxylation is 1. The number of aromatic nitrogens is 2. The maximum Gasteiger partial charge on any atom is 0.0926 e. The lowest BCUT2D eigenvalue weighted by molar-refractivity contribution is 0.625. The number of hydrogen-bond donors (Lipinski definition) is 2. The van der Waals surface area contributed by atoms with Gasteiger partial charge in [-0.2, -0.15) is 5.10 Å². The smallest absolute Gasteiger partial charge is 0.0926 e. The van der Waals surface area contributed by atoms with Crippen LogP contribution < -0.4 is 5.32 Å². The van der Waals surface area contributed by atoms with Gasteiger partial charge in [-0.1, -0.05) is 24.3 Å². The predicted octanol–water partition coefficient (Wildman–Crippen LogP) is 2.81. The van der Waals surface area contributed by atoms with Crippen molar-refractivity contribution in [1.82, 2.24) is 15.5 Å². The number of H-pyrrole nitrogens is 1. The lowest BCUT2D eigenvalue weighted by Crippen LogP contribution is -2.12. The van der Waals surface area contributed by atoms with Crippen LogP contribution in [-0.4, -0.2) is 16.7 Å². The van der Waals surface area contributed by atoms with Crippen molar-refractivity contribution in [2.75, 3.05) is 6.54 Å². The van der Waals surface area contributed by atoms with Gasteiger partial charge in [0, 0.05) is 11.6 Å². The van der Waals surface area contributed by atoms with Crippen molar-refractivity contribution in [1.29, 1.82) is 0 Å². The lowest BCUT2D eigenvalue weighted by atomic mass is 10.0. The molecule has 1 aliphatic rings. The average molecular weight is 227 g/mol. The third kappa shape index (κ3) is 1.98. The largest absolute Gasteiger partial charge is 0.309 e. The molecule has 1 atom stereocenters. The van der Waals surface area contributed by atoms with E-state index in [2.05, 4.69) is 52.8 Å². The van der Waals surface area contributed by atoms with Gasteiger partial charge in [-0.05, 0) is 37.9 Å². The number of hydrogen-bond acceptors (Lipinski definition) is 2. The standard InChI is InChI=1S/C14H17N3/c1-10-5-2-3-6-11(10)13-9-14(17-16-13)12-7-4-8-15-12/h2-3,5-6,9,12,15H,4,7-8H2,1H3,(H,16,17). The maximum atomic E-state index is 4.43. The van der Waals surface area contributed by atoms with Crippen LogP contribution in [0.15, 0.2) is 30.3 Å². The van der Waals surface area contributed by atoms with Gasteiger partial charge in [-0.15, -0.1) is 0 Å². The van der Waals surface area contributed by atoms with Crippen molar-refractivity contribution in [3.63, 3.8) is 0 Å². The van der Waals surface area contributed by atoms with E-state index in [0.29, 0.717) is 6.04 Å². The van der Waals surface area contributed by atoms with Crippen molar-refractivity contribution in [3.8, 4) is 11.3 Å². The fraction of sp³-hybridized carbons (Fsp3) is 0.357. The van der Waals surface area contributed by atoms with E-state index in [1.165, 1.54) is 29.7 Å². The molecule has 1 aromatic carbocycles. The van der Waals surface area contributed by atoms with Crippen LogP contribution in [0.4, 0.5) is 0 Å². The van der Waals surface area contributed by atoms with Crippen molar-refractivity contribution in [2.24, 2.45) is 0 Å². The molecule has 0 saturated carbocycles. The molecule has 3 rings (SSSR count). The molecule has 1 saturated heterocycles. The van der Waals surface area contributed by atoms with Crippen LogP contribution in [0.3, 0.4) is 0 Å². The summed E-state index contributed by atoms with van der Waals surface area (Å²) in [4.78, 5) is 0. The molecule has 3 nitrogen and oxygen atoms in total. The molecule has 3 heteroatoms. The summed E-state index contributed by atoms with van der Waals surface area (Å²) in [5.74, 6) is 0. The fourth-order valence-electron chi connectivity index (χ4n) is 2.46. The lowest BCUT2D eigenvalue weighted by Gasteiger charge is -2.05. The molecule has 1 aromatic heterocycles. The van der Waals surface area contributed by atoms with Gasteiger partial charge in [0.2, 0.25) is 0 Å². The van der Waals surface area contributed by atoms with Gasteiger partial charge >= 0.3 is 0 Å². The summed E-state index contributed by atoms with van der Waals surface area (Å²) in [6, 6.07) is 11.0. The number of nitrogens with zero attached hydrogens (tertiary/aromatic N) is 1. The Morgan fingerprint density at radius 1 is 1.29 bits per heavy atom. The molecule has 0 amide bonds. The molecule has 2 N–H and O–H groups in total. The van der Waals surface area contributed by atoms with E-state index in [-0.39, 0.29) is 0 Å². The summed E-state index contributed by atoms with van der Waals surface area (Å²) >= 11 is 0. The zero-order valence-electron chi connectivity index (χ0n) is 10.0. The van der Waals surface area contributed by atoms with Crippen molar-refractivity contribution >= 4 is 0 Å². The highest BCUT2D eigenvalue weighted by molar-refractivity contribution is 5.63. The average Bonchev–Trinajstić information content (AvgIpc) is 3.00. The van der Waals surface area contributed by atoms with Crippen molar-refractivity contribution < 1.29 is 0 Å². The van der Waals surface area contributed by atoms with Gasteiger partial charge in [-0.25, -0.2) is 0 Å². The monoisotopic (exact) mass is 227 g/mol. The van der Waals surface area contributed by atoms with E-state index >= 15 is 0 Å². The molecule has 0 bridgehead atoms. The Hall–Kier alpha value is -1.61. The van der Waals surface area contributed by atoms with Crippen LogP contribution in [0.2, 0.25) is 0 Å². The minimum Gasteiger partial charge on any atom is -0.309 e. The minimum atomic E-state index is 0.459. The molecule has 0 radical (unpaired) electrons. The number of benzene rings is 1. The second kappa shape index (κ2) is 4.34. The van der Waals surface area contributed by atoms with E-state index in [1.807, 2.05) is 0 Å². The first-order valence-corrected chi connectivity index (χ1v) is 6.19. The summed E-state index contributed by atoms with van der Waals surface area (Å²) < 4.78 is 0. The Kier molecular flexibility index (Phi) is 2.69. The third-order valence-corrected chi connectivity index (χ3v) is 3.45. The summed E-state index contributed by atoms with van der Waals surface area (Å²) in [7, 11) is 0. The molecular formula is C14H17N3. The maximum absolute atomic E-state index is 4.43. The van der Waals surface area contributed by atoms with Crippen molar-refractivity contribution in [2.45, 2.75) is 25.8 Å². The summed E-state index contributed by atoms with van der Waals surface area (Å²) in [6.07, 6.45) is 2.46.